The number of halogens is 1. The van der Waals surface area contributed by atoms with Crippen LogP contribution in [0.1, 0.15) is 17.9 Å². The maximum atomic E-state index is 14.2. The molecule has 4 rings (SSSR count). The molecule has 2 aliphatic heterocycles. The molecule has 0 bridgehead atoms. The first-order chi connectivity index (χ1) is 14.6. The standard InChI is InChI=1S/C22H20FN3O3S/c1-28-14-7-8-15(20(9-14)29-2)16-10-21(27)26-12-25(13-30-22(26)17(16)11-24)19-6-4-3-5-18(19)23/h3-9,16H,10,12-13H2,1-2H3/t16-/m1/s1. The van der Waals surface area contributed by atoms with E-state index in [4.69, 9.17) is 9.47 Å². The number of ether oxygens (including phenoxy) is 2. The third kappa shape index (κ3) is 3.46. The average Bonchev–Trinajstić information content (AvgIpc) is 2.78. The number of methoxy groups -OCH3 is 2. The molecule has 0 N–H and O–H groups in total. The van der Waals surface area contributed by atoms with Crippen molar-refractivity contribution < 1.29 is 18.7 Å². The van der Waals surface area contributed by atoms with Gasteiger partial charge in [0, 0.05) is 24.0 Å². The summed E-state index contributed by atoms with van der Waals surface area (Å²) in [5.41, 5.74) is 1.73. The van der Waals surface area contributed by atoms with Gasteiger partial charge < -0.3 is 14.4 Å². The lowest BCUT2D eigenvalue weighted by Gasteiger charge is -2.42. The zero-order chi connectivity index (χ0) is 21.3. The molecule has 1 fully saturated rings. The normalized spacial score (nSPS) is 18.7. The van der Waals surface area contributed by atoms with Crippen LogP contribution >= 0.6 is 11.8 Å². The number of nitrogens with zero attached hydrogens (tertiary/aromatic N) is 3. The first-order valence-corrected chi connectivity index (χ1v) is 10.3. The van der Waals surface area contributed by atoms with E-state index < -0.39 is 5.92 Å². The molecular formula is C22H20FN3O3S. The number of hydrogen-bond acceptors (Lipinski definition) is 6. The number of anilines is 1. The highest BCUT2D eigenvalue weighted by molar-refractivity contribution is 8.03. The van der Waals surface area contributed by atoms with E-state index in [1.54, 1.807) is 54.4 Å². The molecule has 0 saturated carbocycles. The quantitative estimate of drug-likeness (QED) is 0.736. The minimum Gasteiger partial charge on any atom is -0.497 e. The molecule has 0 aromatic heterocycles. The zero-order valence-corrected chi connectivity index (χ0v) is 17.4. The van der Waals surface area contributed by atoms with Gasteiger partial charge in [0.15, 0.2) is 0 Å². The lowest BCUT2D eigenvalue weighted by atomic mass is 9.86. The summed E-state index contributed by atoms with van der Waals surface area (Å²) in [7, 11) is 3.12. The number of amides is 1. The van der Waals surface area contributed by atoms with Gasteiger partial charge in [-0.05, 0) is 18.2 Å². The van der Waals surface area contributed by atoms with Crippen molar-refractivity contribution in [3.63, 3.8) is 0 Å². The van der Waals surface area contributed by atoms with Gasteiger partial charge in [-0.1, -0.05) is 30.0 Å². The molecule has 2 aromatic rings. The molecule has 2 aliphatic rings. The van der Waals surface area contributed by atoms with Gasteiger partial charge >= 0.3 is 0 Å². The summed E-state index contributed by atoms with van der Waals surface area (Å²) < 4.78 is 25.0. The third-order valence-electron chi connectivity index (χ3n) is 5.30. The first-order valence-electron chi connectivity index (χ1n) is 9.36. The highest BCUT2D eigenvalue weighted by Gasteiger charge is 2.39. The van der Waals surface area contributed by atoms with Crippen molar-refractivity contribution in [2.45, 2.75) is 12.3 Å². The number of carbonyl (C=O) groups excluding carboxylic acids is 1. The van der Waals surface area contributed by atoms with Crippen molar-refractivity contribution in [3.8, 4) is 17.6 Å². The summed E-state index contributed by atoms with van der Waals surface area (Å²) in [6.45, 7) is 0.208. The summed E-state index contributed by atoms with van der Waals surface area (Å²) in [6, 6.07) is 14.2. The van der Waals surface area contributed by atoms with Crippen LogP contribution in [0.15, 0.2) is 53.1 Å². The van der Waals surface area contributed by atoms with Crippen molar-refractivity contribution in [2.75, 3.05) is 31.7 Å². The summed E-state index contributed by atoms with van der Waals surface area (Å²) in [6.07, 6.45) is 0.140. The Hall–Kier alpha value is -3.18. The van der Waals surface area contributed by atoms with Gasteiger partial charge in [0.05, 0.1) is 49.1 Å². The van der Waals surface area contributed by atoms with E-state index in [1.807, 2.05) is 6.07 Å². The molecule has 154 valence electrons. The van der Waals surface area contributed by atoms with Crippen LogP contribution in [0, 0.1) is 17.1 Å². The molecule has 2 aromatic carbocycles. The van der Waals surface area contributed by atoms with Crippen molar-refractivity contribution in [1.82, 2.24) is 4.90 Å². The number of allylic oxidation sites excluding steroid dienone is 1. The van der Waals surface area contributed by atoms with E-state index in [0.29, 0.717) is 33.7 Å². The van der Waals surface area contributed by atoms with E-state index in [1.165, 1.54) is 17.8 Å². The number of rotatable bonds is 4. The summed E-state index contributed by atoms with van der Waals surface area (Å²) in [5, 5.41) is 10.6. The maximum absolute atomic E-state index is 14.2. The fourth-order valence-corrected chi connectivity index (χ4v) is 4.95. The largest absolute Gasteiger partial charge is 0.497 e. The average molecular weight is 425 g/mol. The predicted molar refractivity (Wildman–Crippen MR) is 113 cm³/mol. The van der Waals surface area contributed by atoms with Crippen LogP contribution in [0.2, 0.25) is 0 Å². The van der Waals surface area contributed by atoms with Crippen molar-refractivity contribution in [1.29, 1.82) is 5.26 Å². The molecule has 6 nitrogen and oxygen atoms in total. The van der Waals surface area contributed by atoms with Crippen molar-refractivity contribution >= 4 is 23.4 Å². The first kappa shape index (κ1) is 20.1. The summed E-state index contributed by atoms with van der Waals surface area (Å²) in [4.78, 5) is 16.4. The number of carbonyl (C=O) groups is 1. The monoisotopic (exact) mass is 425 g/mol. The Morgan fingerprint density at radius 1 is 1.20 bits per heavy atom. The number of thioether (sulfide) groups is 1. The smallest absolute Gasteiger partial charge is 0.229 e. The minimum absolute atomic E-state index is 0.111. The molecule has 0 unspecified atom stereocenters. The summed E-state index contributed by atoms with van der Waals surface area (Å²) in [5.74, 6) is 0.803. The second-order valence-electron chi connectivity index (χ2n) is 6.92. The molecule has 1 amide bonds. The maximum Gasteiger partial charge on any atom is 0.229 e. The lowest BCUT2D eigenvalue weighted by molar-refractivity contribution is -0.129. The zero-order valence-electron chi connectivity index (χ0n) is 16.6. The molecule has 0 radical (unpaired) electrons. The van der Waals surface area contributed by atoms with Gasteiger partial charge in [-0.15, -0.1) is 0 Å². The number of nitriles is 1. The fraction of sp³-hybridized carbons (Fsp3) is 0.273. The van der Waals surface area contributed by atoms with Gasteiger partial charge in [0.2, 0.25) is 5.91 Å². The highest BCUT2D eigenvalue weighted by atomic mass is 32.2. The minimum atomic E-state index is -0.401. The van der Waals surface area contributed by atoms with Gasteiger partial charge in [-0.2, -0.15) is 5.26 Å². The molecule has 0 spiro atoms. The number of para-hydroxylation sites is 1. The van der Waals surface area contributed by atoms with Gasteiger partial charge in [0.25, 0.3) is 0 Å². The SMILES string of the molecule is COc1ccc([C@H]2CC(=O)N3CN(c4ccccc4F)CSC3=C2C#N)c(OC)c1. The number of fused-ring (bicyclic) bond motifs is 1. The second-order valence-corrected chi connectivity index (χ2v) is 7.86. The van der Waals surface area contributed by atoms with E-state index in [-0.39, 0.29) is 24.8 Å². The van der Waals surface area contributed by atoms with Crippen molar-refractivity contribution in [3.05, 3.63) is 64.4 Å². The van der Waals surface area contributed by atoms with Crippen LogP contribution in [0.4, 0.5) is 10.1 Å². The Balaban J connectivity index is 1.70. The number of hydrogen-bond donors (Lipinski definition) is 0. The molecule has 8 heteroatoms. The molecule has 2 heterocycles. The van der Waals surface area contributed by atoms with Crippen molar-refractivity contribution in [2.24, 2.45) is 0 Å². The molecular weight excluding hydrogens is 405 g/mol. The van der Waals surface area contributed by atoms with E-state index in [9.17, 15) is 14.4 Å². The Morgan fingerprint density at radius 3 is 2.70 bits per heavy atom. The highest BCUT2D eigenvalue weighted by Crippen LogP contribution is 2.45. The van der Waals surface area contributed by atoms with Gasteiger partial charge in [-0.3, -0.25) is 9.69 Å². The van der Waals surface area contributed by atoms with E-state index >= 15 is 0 Å². The van der Waals surface area contributed by atoms with E-state index in [2.05, 4.69) is 6.07 Å². The Labute approximate surface area is 178 Å². The fourth-order valence-electron chi connectivity index (χ4n) is 3.80. The predicted octanol–water partition coefficient (Wildman–Crippen LogP) is 4.06. The van der Waals surface area contributed by atoms with Crippen LogP contribution in [0.3, 0.4) is 0 Å². The Morgan fingerprint density at radius 2 is 2.00 bits per heavy atom. The Bertz CT molecular complexity index is 1070. The van der Waals surface area contributed by atoms with Gasteiger partial charge in [0.1, 0.15) is 17.3 Å². The van der Waals surface area contributed by atoms with E-state index in [0.717, 1.165) is 5.56 Å². The van der Waals surface area contributed by atoms with Crippen LogP contribution in [0.5, 0.6) is 11.5 Å². The summed E-state index contributed by atoms with van der Waals surface area (Å²) >= 11 is 1.37. The molecule has 1 atom stereocenters. The molecule has 30 heavy (non-hydrogen) atoms. The van der Waals surface area contributed by atoms with Gasteiger partial charge in [-0.25, -0.2) is 4.39 Å². The molecule has 0 aliphatic carbocycles. The van der Waals surface area contributed by atoms with Crippen LogP contribution in [0.25, 0.3) is 0 Å². The molecule has 1 saturated heterocycles. The van der Waals surface area contributed by atoms with Crippen LogP contribution < -0.4 is 14.4 Å². The Kier molecular flexibility index (Phi) is 5.55. The number of benzene rings is 2. The second kappa shape index (κ2) is 8.28. The van der Waals surface area contributed by atoms with Crippen LogP contribution in [-0.2, 0) is 4.79 Å². The topological polar surface area (TPSA) is 65.8 Å². The van der Waals surface area contributed by atoms with Crippen LogP contribution in [-0.4, -0.2) is 37.6 Å². The lowest BCUT2D eigenvalue weighted by Crippen LogP contribution is -2.47. The third-order valence-corrected chi connectivity index (χ3v) is 6.46.